The molecular formula is C17H27N3O5S. The summed E-state index contributed by atoms with van der Waals surface area (Å²) in [4.78, 5) is 4.52. The summed E-state index contributed by atoms with van der Waals surface area (Å²) in [6, 6.07) is 7.80. The largest absolute Gasteiger partial charge is 0.394 e. The zero-order chi connectivity index (χ0) is 18.7. The molecule has 8 nitrogen and oxygen atoms in total. The quantitative estimate of drug-likeness (QED) is 0.559. The number of sulfonamides is 1. The van der Waals surface area contributed by atoms with Crippen LogP contribution in [-0.4, -0.2) is 99.2 Å². The Morgan fingerprint density at radius 2 is 1.81 bits per heavy atom. The van der Waals surface area contributed by atoms with Crippen molar-refractivity contribution in [3.63, 3.8) is 0 Å². The van der Waals surface area contributed by atoms with Gasteiger partial charge < -0.3 is 19.8 Å². The molecule has 0 amide bonds. The number of aliphatic hydroxyl groups is 2. The standard InChI is InChI=1S/C17H27N3O5S/c1-19-7-9-20(10-8-19)16-14(25-15(12-21)17(16)22)11-18-26(23,24)13-5-3-2-4-6-13/h2-6,14-18,21-22H,7-12H2,1H3/t14-,15+,16-,17-/m1/s1. The minimum absolute atomic E-state index is 0.0434. The van der Waals surface area contributed by atoms with Crippen molar-refractivity contribution in [2.75, 3.05) is 46.4 Å². The van der Waals surface area contributed by atoms with Crippen LogP contribution < -0.4 is 4.72 Å². The van der Waals surface area contributed by atoms with E-state index in [1.54, 1.807) is 18.2 Å². The lowest BCUT2D eigenvalue weighted by atomic mass is 10.0. The van der Waals surface area contributed by atoms with Gasteiger partial charge in [-0.2, -0.15) is 0 Å². The summed E-state index contributed by atoms with van der Waals surface area (Å²) in [5, 5.41) is 20.0. The predicted molar refractivity (Wildman–Crippen MR) is 96.2 cm³/mol. The van der Waals surface area contributed by atoms with E-state index in [0.29, 0.717) is 0 Å². The second-order valence-electron chi connectivity index (χ2n) is 6.88. The first-order valence-corrected chi connectivity index (χ1v) is 10.3. The van der Waals surface area contributed by atoms with Gasteiger partial charge in [0, 0.05) is 32.7 Å². The zero-order valence-corrected chi connectivity index (χ0v) is 15.7. The number of likely N-dealkylation sites (N-methyl/N-ethyl adjacent to an activating group) is 1. The predicted octanol–water partition coefficient (Wildman–Crippen LogP) is -1.30. The monoisotopic (exact) mass is 385 g/mol. The Kier molecular flexibility index (Phi) is 6.29. The van der Waals surface area contributed by atoms with E-state index in [2.05, 4.69) is 14.5 Å². The summed E-state index contributed by atoms with van der Waals surface area (Å²) >= 11 is 0. The normalized spacial score (nSPS) is 31.3. The Hall–Kier alpha value is -1.07. The van der Waals surface area contributed by atoms with Crippen molar-refractivity contribution in [2.45, 2.75) is 29.2 Å². The molecule has 3 N–H and O–H groups in total. The first-order chi connectivity index (χ1) is 12.4. The minimum Gasteiger partial charge on any atom is -0.394 e. The molecule has 0 aliphatic carbocycles. The highest BCUT2D eigenvalue weighted by Gasteiger charge is 2.46. The van der Waals surface area contributed by atoms with Gasteiger partial charge in [0.1, 0.15) is 12.2 Å². The molecule has 2 fully saturated rings. The van der Waals surface area contributed by atoms with Crippen molar-refractivity contribution in [1.82, 2.24) is 14.5 Å². The van der Waals surface area contributed by atoms with Gasteiger partial charge in [0.15, 0.2) is 0 Å². The third-order valence-electron chi connectivity index (χ3n) is 5.13. The highest BCUT2D eigenvalue weighted by atomic mass is 32.2. The fourth-order valence-corrected chi connectivity index (χ4v) is 4.66. The van der Waals surface area contributed by atoms with Crippen molar-refractivity contribution in [1.29, 1.82) is 0 Å². The fourth-order valence-electron chi connectivity index (χ4n) is 3.59. The number of hydrogen-bond donors (Lipinski definition) is 3. The van der Waals surface area contributed by atoms with Gasteiger partial charge in [0.2, 0.25) is 10.0 Å². The van der Waals surface area contributed by atoms with Crippen LogP contribution in [0.15, 0.2) is 35.2 Å². The highest BCUT2D eigenvalue weighted by Crippen LogP contribution is 2.26. The number of piperazine rings is 1. The van der Waals surface area contributed by atoms with E-state index in [-0.39, 0.29) is 24.1 Å². The summed E-state index contributed by atoms with van der Waals surface area (Å²) < 4.78 is 33.2. The first kappa shape index (κ1) is 19.7. The number of hydrogen-bond acceptors (Lipinski definition) is 7. The van der Waals surface area contributed by atoms with Gasteiger partial charge in [-0.25, -0.2) is 13.1 Å². The van der Waals surface area contributed by atoms with Crippen LogP contribution in [-0.2, 0) is 14.8 Å². The summed E-state index contributed by atoms with van der Waals surface area (Å²) in [5.74, 6) is 0. The maximum Gasteiger partial charge on any atom is 0.240 e. The Labute approximate surface area is 154 Å². The van der Waals surface area contributed by atoms with Crippen molar-refractivity contribution < 1.29 is 23.4 Å². The molecule has 2 aliphatic heterocycles. The molecule has 0 aromatic heterocycles. The molecule has 1 aromatic rings. The molecule has 2 saturated heterocycles. The topological polar surface area (TPSA) is 102 Å². The Morgan fingerprint density at radius 1 is 1.15 bits per heavy atom. The fraction of sp³-hybridized carbons (Fsp3) is 0.647. The zero-order valence-electron chi connectivity index (χ0n) is 14.9. The lowest BCUT2D eigenvalue weighted by molar-refractivity contribution is -0.0201. The van der Waals surface area contributed by atoms with Crippen LogP contribution in [0.3, 0.4) is 0 Å². The second-order valence-corrected chi connectivity index (χ2v) is 8.65. The SMILES string of the molecule is CN1CCN([C@H]2[C@H](O)[C@H](CO)O[C@@H]2CNS(=O)(=O)c2ccccc2)CC1. The van der Waals surface area contributed by atoms with Gasteiger partial charge in [-0.15, -0.1) is 0 Å². The maximum absolute atomic E-state index is 12.4. The molecule has 146 valence electrons. The van der Waals surface area contributed by atoms with Gasteiger partial charge in [-0.05, 0) is 19.2 Å². The lowest BCUT2D eigenvalue weighted by Gasteiger charge is -2.39. The van der Waals surface area contributed by atoms with Gasteiger partial charge in [-0.1, -0.05) is 18.2 Å². The van der Waals surface area contributed by atoms with Crippen LogP contribution in [0.1, 0.15) is 0 Å². The Balaban J connectivity index is 1.70. The van der Waals surface area contributed by atoms with Gasteiger partial charge >= 0.3 is 0 Å². The Bertz CT molecular complexity index is 679. The minimum atomic E-state index is -3.65. The van der Waals surface area contributed by atoms with E-state index < -0.39 is 28.3 Å². The van der Waals surface area contributed by atoms with E-state index in [1.165, 1.54) is 12.1 Å². The van der Waals surface area contributed by atoms with Gasteiger partial charge in [-0.3, -0.25) is 4.90 Å². The number of rotatable bonds is 6. The number of nitrogens with one attached hydrogen (secondary N) is 1. The molecule has 1 aromatic carbocycles. The van der Waals surface area contributed by atoms with E-state index in [9.17, 15) is 18.6 Å². The summed E-state index contributed by atoms with van der Waals surface area (Å²) in [5.41, 5.74) is 0. The molecule has 9 heteroatoms. The van der Waals surface area contributed by atoms with Crippen molar-refractivity contribution >= 4 is 10.0 Å². The summed E-state index contributed by atoms with van der Waals surface area (Å²) in [6.07, 6.45) is -2.08. The molecule has 0 radical (unpaired) electrons. The van der Waals surface area contributed by atoms with E-state index >= 15 is 0 Å². The highest BCUT2D eigenvalue weighted by molar-refractivity contribution is 7.89. The second kappa shape index (κ2) is 8.30. The average molecular weight is 385 g/mol. The van der Waals surface area contributed by atoms with Crippen LogP contribution in [0.2, 0.25) is 0 Å². The lowest BCUT2D eigenvalue weighted by Crippen LogP contribution is -2.56. The number of aliphatic hydroxyl groups excluding tert-OH is 2. The number of nitrogens with zero attached hydrogens (tertiary/aromatic N) is 2. The third kappa shape index (κ3) is 4.25. The summed E-state index contributed by atoms with van der Waals surface area (Å²) in [7, 11) is -1.61. The smallest absolute Gasteiger partial charge is 0.240 e. The molecule has 3 rings (SSSR count). The van der Waals surface area contributed by atoms with Crippen LogP contribution >= 0.6 is 0 Å². The van der Waals surface area contributed by atoms with Crippen molar-refractivity contribution in [2.24, 2.45) is 0 Å². The molecule has 0 saturated carbocycles. The number of benzene rings is 1. The molecule has 0 spiro atoms. The van der Waals surface area contributed by atoms with E-state index in [0.717, 1.165) is 26.2 Å². The molecule has 2 aliphatic rings. The molecule has 0 unspecified atom stereocenters. The van der Waals surface area contributed by atoms with Crippen molar-refractivity contribution in [3.8, 4) is 0 Å². The molecule has 26 heavy (non-hydrogen) atoms. The van der Waals surface area contributed by atoms with Crippen LogP contribution in [0.4, 0.5) is 0 Å². The van der Waals surface area contributed by atoms with Crippen LogP contribution in [0, 0.1) is 0 Å². The Morgan fingerprint density at radius 3 is 2.42 bits per heavy atom. The average Bonchev–Trinajstić information content (AvgIpc) is 2.97. The molecule has 4 atom stereocenters. The summed E-state index contributed by atoms with van der Waals surface area (Å²) in [6.45, 7) is 3.02. The molecular weight excluding hydrogens is 358 g/mol. The van der Waals surface area contributed by atoms with E-state index in [4.69, 9.17) is 4.74 Å². The van der Waals surface area contributed by atoms with Gasteiger partial charge in [0.05, 0.1) is 23.6 Å². The van der Waals surface area contributed by atoms with Crippen LogP contribution in [0.25, 0.3) is 0 Å². The van der Waals surface area contributed by atoms with Crippen LogP contribution in [0.5, 0.6) is 0 Å². The van der Waals surface area contributed by atoms with Crippen molar-refractivity contribution in [3.05, 3.63) is 30.3 Å². The maximum atomic E-state index is 12.4. The molecule has 0 bridgehead atoms. The third-order valence-corrected chi connectivity index (χ3v) is 6.57. The number of ether oxygens (including phenoxy) is 1. The van der Waals surface area contributed by atoms with E-state index in [1.807, 2.05) is 7.05 Å². The first-order valence-electron chi connectivity index (χ1n) is 8.84. The molecule has 2 heterocycles. The van der Waals surface area contributed by atoms with Gasteiger partial charge in [0.25, 0.3) is 0 Å².